The summed E-state index contributed by atoms with van der Waals surface area (Å²) in [5.41, 5.74) is 0.226. The minimum atomic E-state index is 0.226. The van der Waals surface area contributed by atoms with Crippen LogP contribution in [0.2, 0.25) is 0 Å². The molecule has 1 saturated heterocycles. The van der Waals surface area contributed by atoms with E-state index in [2.05, 4.69) is 27.7 Å². The summed E-state index contributed by atoms with van der Waals surface area (Å²) in [4.78, 5) is 0. The first-order chi connectivity index (χ1) is 6.07. The number of rotatable bonds is 4. The molecule has 1 nitrogen and oxygen atoms in total. The van der Waals surface area contributed by atoms with Gasteiger partial charge in [-0.1, -0.05) is 27.7 Å². The van der Waals surface area contributed by atoms with Crippen molar-refractivity contribution in [3.05, 3.63) is 0 Å². The van der Waals surface area contributed by atoms with Gasteiger partial charge in [0.15, 0.2) is 0 Å². The molecule has 0 radical (unpaired) electrons. The van der Waals surface area contributed by atoms with Crippen LogP contribution in [0.5, 0.6) is 0 Å². The van der Waals surface area contributed by atoms with Gasteiger partial charge in [0.25, 0.3) is 0 Å². The SMILES string of the molecule is CC(C)CCC1(C(C)C)CCCO1. The normalized spacial score (nSPS) is 29.1. The standard InChI is InChI=1S/C12H24O/c1-10(2)6-8-12(11(3)4)7-5-9-13-12/h10-11H,5-9H2,1-4H3. The fourth-order valence-electron chi connectivity index (χ4n) is 2.19. The molecular weight excluding hydrogens is 160 g/mol. The van der Waals surface area contributed by atoms with Crippen LogP contribution in [0.15, 0.2) is 0 Å². The van der Waals surface area contributed by atoms with E-state index in [0.29, 0.717) is 5.92 Å². The second kappa shape index (κ2) is 4.45. The molecule has 1 unspecified atom stereocenters. The molecule has 0 N–H and O–H groups in total. The van der Waals surface area contributed by atoms with E-state index in [1.807, 2.05) is 0 Å². The zero-order valence-corrected chi connectivity index (χ0v) is 9.60. The second-order valence-electron chi connectivity index (χ2n) is 5.10. The molecule has 0 aliphatic carbocycles. The van der Waals surface area contributed by atoms with Crippen LogP contribution in [0.25, 0.3) is 0 Å². The van der Waals surface area contributed by atoms with Crippen molar-refractivity contribution < 1.29 is 4.74 Å². The fourth-order valence-corrected chi connectivity index (χ4v) is 2.19. The summed E-state index contributed by atoms with van der Waals surface area (Å²) in [6.45, 7) is 10.2. The number of hydrogen-bond donors (Lipinski definition) is 0. The van der Waals surface area contributed by atoms with Crippen molar-refractivity contribution in [1.82, 2.24) is 0 Å². The molecule has 0 aromatic rings. The van der Waals surface area contributed by atoms with Crippen LogP contribution in [-0.2, 0) is 4.74 Å². The maximum atomic E-state index is 5.95. The second-order valence-corrected chi connectivity index (χ2v) is 5.10. The highest BCUT2D eigenvalue weighted by molar-refractivity contribution is 4.88. The third-order valence-corrected chi connectivity index (χ3v) is 3.33. The van der Waals surface area contributed by atoms with Crippen molar-refractivity contribution in [3.63, 3.8) is 0 Å². The Balaban J connectivity index is 2.47. The van der Waals surface area contributed by atoms with Crippen LogP contribution < -0.4 is 0 Å². The largest absolute Gasteiger partial charge is 0.375 e. The number of ether oxygens (including phenoxy) is 1. The Hall–Kier alpha value is -0.0400. The van der Waals surface area contributed by atoms with Crippen LogP contribution in [0.4, 0.5) is 0 Å². The van der Waals surface area contributed by atoms with Crippen LogP contribution in [0.3, 0.4) is 0 Å². The van der Waals surface area contributed by atoms with Gasteiger partial charge in [-0.3, -0.25) is 0 Å². The molecule has 1 atom stereocenters. The van der Waals surface area contributed by atoms with Crippen molar-refractivity contribution in [2.45, 2.75) is 59.0 Å². The van der Waals surface area contributed by atoms with Crippen LogP contribution >= 0.6 is 0 Å². The van der Waals surface area contributed by atoms with Crippen molar-refractivity contribution in [1.29, 1.82) is 0 Å². The summed E-state index contributed by atoms with van der Waals surface area (Å²) in [7, 11) is 0. The first-order valence-corrected chi connectivity index (χ1v) is 5.71. The van der Waals surface area contributed by atoms with E-state index in [0.717, 1.165) is 12.5 Å². The quantitative estimate of drug-likeness (QED) is 0.648. The molecule has 1 fully saturated rings. The Labute approximate surface area is 82.9 Å². The van der Waals surface area contributed by atoms with E-state index in [1.165, 1.54) is 25.7 Å². The van der Waals surface area contributed by atoms with Gasteiger partial charge in [0.1, 0.15) is 0 Å². The van der Waals surface area contributed by atoms with Gasteiger partial charge < -0.3 is 4.74 Å². The molecule has 0 spiro atoms. The van der Waals surface area contributed by atoms with Gasteiger partial charge in [-0.2, -0.15) is 0 Å². The monoisotopic (exact) mass is 184 g/mol. The van der Waals surface area contributed by atoms with Gasteiger partial charge >= 0.3 is 0 Å². The van der Waals surface area contributed by atoms with E-state index < -0.39 is 0 Å². The lowest BCUT2D eigenvalue weighted by Gasteiger charge is -2.33. The van der Waals surface area contributed by atoms with Crippen molar-refractivity contribution >= 4 is 0 Å². The van der Waals surface area contributed by atoms with Crippen LogP contribution in [-0.4, -0.2) is 12.2 Å². The summed E-state index contributed by atoms with van der Waals surface area (Å²) in [5.74, 6) is 1.48. The first-order valence-electron chi connectivity index (χ1n) is 5.71. The molecule has 1 aliphatic rings. The van der Waals surface area contributed by atoms with Crippen molar-refractivity contribution in [2.24, 2.45) is 11.8 Å². The maximum Gasteiger partial charge on any atom is 0.0706 e. The van der Waals surface area contributed by atoms with E-state index >= 15 is 0 Å². The molecule has 0 amide bonds. The van der Waals surface area contributed by atoms with Gasteiger partial charge in [-0.05, 0) is 37.5 Å². The molecule has 0 saturated carbocycles. The van der Waals surface area contributed by atoms with Crippen LogP contribution in [0, 0.1) is 11.8 Å². The molecular formula is C12H24O. The van der Waals surface area contributed by atoms with Gasteiger partial charge in [0.05, 0.1) is 5.60 Å². The van der Waals surface area contributed by atoms with E-state index in [-0.39, 0.29) is 5.60 Å². The predicted octanol–water partition coefficient (Wildman–Crippen LogP) is 3.63. The smallest absolute Gasteiger partial charge is 0.0706 e. The minimum Gasteiger partial charge on any atom is -0.375 e. The lowest BCUT2D eigenvalue weighted by molar-refractivity contribution is -0.0427. The minimum absolute atomic E-state index is 0.226. The Morgan fingerprint density at radius 2 is 1.92 bits per heavy atom. The van der Waals surface area contributed by atoms with E-state index in [4.69, 9.17) is 4.74 Å². The molecule has 13 heavy (non-hydrogen) atoms. The molecule has 1 heterocycles. The van der Waals surface area contributed by atoms with Crippen LogP contribution in [0.1, 0.15) is 53.4 Å². The Morgan fingerprint density at radius 1 is 1.23 bits per heavy atom. The highest BCUT2D eigenvalue weighted by Crippen LogP contribution is 2.37. The summed E-state index contributed by atoms with van der Waals surface area (Å²) < 4.78 is 5.95. The fraction of sp³-hybridized carbons (Fsp3) is 1.00. The Bertz CT molecular complexity index is 143. The zero-order valence-electron chi connectivity index (χ0n) is 9.60. The molecule has 0 aromatic heterocycles. The Morgan fingerprint density at radius 3 is 2.31 bits per heavy atom. The lowest BCUT2D eigenvalue weighted by atomic mass is 9.82. The maximum absolute atomic E-state index is 5.95. The van der Waals surface area contributed by atoms with Gasteiger partial charge in [-0.25, -0.2) is 0 Å². The topological polar surface area (TPSA) is 9.23 Å². The molecule has 1 heteroatoms. The van der Waals surface area contributed by atoms with Crippen molar-refractivity contribution in [3.8, 4) is 0 Å². The summed E-state index contributed by atoms with van der Waals surface area (Å²) in [6, 6.07) is 0. The predicted molar refractivity (Wildman–Crippen MR) is 56.8 cm³/mol. The summed E-state index contributed by atoms with van der Waals surface area (Å²) >= 11 is 0. The number of hydrogen-bond acceptors (Lipinski definition) is 1. The third-order valence-electron chi connectivity index (χ3n) is 3.33. The highest BCUT2D eigenvalue weighted by atomic mass is 16.5. The van der Waals surface area contributed by atoms with Crippen molar-refractivity contribution in [2.75, 3.05) is 6.61 Å². The molecule has 0 aromatic carbocycles. The van der Waals surface area contributed by atoms with Gasteiger partial charge in [0, 0.05) is 6.61 Å². The average molecular weight is 184 g/mol. The molecule has 1 aliphatic heterocycles. The van der Waals surface area contributed by atoms with E-state index in [1.54, 1.807) is 0 Å². The summed E-state index contributed by atoms with van der Waals surface area (Å²) in [5, 5.41) is 0. The van der Waals surface area contributed by atoms with E-state index in [9.17, 15) is 0 Å². The summed E-state index contributed by atoms with van der Waals surface area (Å²) in [6.07, 6.45) is 5.09. The van der Waals surface area contributed by atoms with Gasteiger partial charge in [-0.15, -0.1) is 0 Å². The lowest BCUT2D eigenvalue weighted by Crippen LogP contribution is -2.34. The molecule has 1 rings (SSSR count). The highest BCUT2D eigenvalue weighted by Gasteiger charge is 2.37. The average Bonchev–Trinajstić information content (AvgIpc) is 2.50. The molecule has 0 bridgehead atoms. The zero-order chi connectivity index (χ0) is 9.90. The first kappa shape index (κ1) is 11.0. The molecule has 78 valence electrons. The Kier molecular flexibility index (Phi) is 3.78. The third kappa shape index (κ3) is 2.70. The van der Waals surface area contributed by atoms with Gasteiger partial charge in [0.2, 0.25) is 0 Å².